The Labute approximate surface area is 294 Å². The van der Waals surface area contributed by atoms with Crippen molar-refractivity contribution in [2.45, 2.75) is 0 Å². The van der Waals surface area contributed by atoms with Crippen molar-refractivity contribution in [3.8, 4) is 11.8 Å². The van der Waals surface area contributed by atoms with Crippen LogP contribution >= 0.6 is 11.3 Å². The molecule has 0 radical (unpaired) electrons. The molecule has 0 amide bonds. The zero-order valence-electron chi connectivity index (χ0n) is 27.0. The largest absolute Gasteiger partial charge is 0.294 e. The Morgan fingerprint density at radius 1 is 0.520 bits per heavy atom. The van der Waals surface area contributed by atoms with Gasteiger partial charge in [0.1, 0.15) is 5.65 Å². The van der Waals surface area contributed by atoms with Gasteiger partial charge in [0.05, 0.1) is 28.2 Å². The minimum atomic E-state index is -3.05. The fraction of sp³-hybridized carbons (Fsp3) is 0. The minimum Gasteiger partial charge on any atom is -0.294 e. The van der Waals surface area contributed by atoms with Crippen LogP contribution < -0.4 is 20.7 Å². The second-order valence-electron chi connectivity index (χ2n) is 12.9. The van der Waals surface area contributed by atoms with Crippen LogP contribution in [0.2, 0.25) is 0 Å². The first kappa shape index (κ1) is 28.8. The third kappa shape index (κ3) is 4.07. The molecule has 0 atom stereocenters. The van der Waals surface area contributed by atoms with Gasteiger partial charge in [-0.05, 0) is 75.3 Å². The molecule has 3 aromatic heterocycles. The maximum atomic E-state index is 10.5. The second-order valence-corrected chi connectivity index (χ2v) is 17.7. The van der Waals surface area contributed by atoms with Crippen LogP contribution in [0.5, 0.6) is 0 Å². The van der Waals surface area contributed by atoms with E-state index in [4.69, 9.17) is 0 Å². The fourth-order valence-electron chi connectivity index (χ4n) is 8.19. The fourth-order valence-corrected chi connectivity index (χ4v) is 14.8. The summed E-state index contributed by atoms with van der Waals surface area (Å²) in [6.45, 7) is 0. The van der Waals surface area contributed by atoms with Gasteiger partial charge in [0, 0.05) is 31.2 Å². The topological polar surface area (TPSA) is 33.1 Å². The number of thiophene rings is 1. The van der Waals surface area contributed by atoms with Gasteiger partial charge in [-0.25, -0.2) is 0 Å². The molecule has 0 saturated heterocycles. The molecule has 10 rings (SSSR count). The molecule has 0 saturated carbocycles. The number of hydrogen-bond donors (Lipinski definition) is 0. The van der Waals surface area contributed by atoms with Crippen LogP contribution in [0.4, 0.5) is 0 Å². The lowest BCUT2D eigenvalue weighted by Crippen LogP contribution is -2.74. The SMILES string of the molecule is N#Cc1cc([Si](c2ccccc2)(c2ccccc2)c2cccc(-n3c4ccccc4n4c5ccccc5cc34)c2)c2sc3ccccc3c2c1. The molecule has 234 valence electrons. The molecule has 50 heavy (non-hydrogen) atoms. The summed E-state index contributed by atoms with van der Waals surface area (Å²) in [5.41, 5.74) is 6.48. The van der Waals surface area contributed by atoms with E-state index in [1.54, 1.807) is 0 Å². The molecule has 0 fully saturated rings. The number of para-hydroxylation sites is 3. The molecule has 0 bridgehead atoms. The Hall–Kier alpha value is -6.19. The van der Waals surface area contributed by atoms with Crippen LogP contribution in [0.25, 0.3) is 53.4 Å². The van der Waals surface area contributed by atoms with Crippen molar-refractivity contribution >= 4 is 87.9 Å². The molecule has 0 aliphatic rings. The van der Waals surface area contributed by atoms with Crippen molar-refractivity contribution < 1.29 is 0 Å². The highest BCUT2D eigenvalue weighted by atomic mass is 32.1. The summed E-state index contributed by atoms with van der Waals surface area (Å²) in [5, 5.41) is 19.2. The Balaban J connectivity index is 1.36. The van der Waals surface area contributed by atoms with Gasteiger partial charge in [-0.3, -0.25) is 8.97 Å². The minimum absolute atomic E-state index is 0.689. The first-order chi connectivity index (χ1) is 24.8. The van der Waals surface area contributed by atoms with E-state index in [1.165, 1.54) is 52.0 Å². The molecule has 3 nitrogen and oxygen atoms in total. The highest BCUT2D eigenvalue weighted by Gasteiger charge is 2.43. The number of fused-ring (bicyclic) bond motifs is 8. The first-order valence-electron chi connectivity index (χ1n) is 16.8. The van der Waals surface area contributed by atoms with Crippen LogP contribution in [-0.2, 0) is 0 Å². The number of imidazole rings is 1. The predicted octanol–water partition coefficient (Wildman–Crippen LogP) is 8.65. The molecular formula is C45H29N3SSi. The van der Waals surface area contributed by atoms with Gasteiger partial charge >= 0.3 is 0 Å². The van der Waals surface area contributed by atoms with E-state index >= 15 is 0 Å². The average molecular weight is 672 g/mol. The summed E-state index contributed by atoms with van der Waals surface area (Å²) in [5.74, 6) is 0. The quantitative estimate of drug-likeness (QED) is 0.133. The third-order valence-corrected chi connectivity index (χ3v) is 16.4. The third-order valence-electron chi connectivity index (χ3n) is 10.2. The Morgan fingerprint density at radius 2 is 1.16 bits per heavy atom. The van der Waals surface area contributed by atoms with Gasteiger partial charge in [-0.15, -0.1) is 11.3 Å². The smallest absolute Gasteiger partial charge is 0.181 e. The van der Waals surface area contributed by atoms with Crippen molar-refractivity contribution in [1.29, 1.82) is 5.26 Å². The molecular weight excluding hydrogens is 643 g/mol. The van der Waals surface area contributed by atoms with Gasteiger partial charge in [-0.2, -0.15) is 5.26 Å². The summed E-state index contributed by atoms with van der Waals surface area (Å²) in [6, 6.07) is 66.3. The first-order valence-corrected chi connectivity index (χ1v) is 19.6. The average Bonchev–Trinajstić information content (AvgIpc) is 3.85. The Morgan fingerprint density at radius 3 is 1.92 bits per heavy atom. The number of nitriles is 1. The predicted molar refractivity (Wildman–Crippen MR) is 213 cm³/mol. The summed E-state index contributed by atoms with van der Waals surface area (Å²) in [7, 11) is -3.05. The van der Waals surface area contributed by atoms with E-state index < -0.39 is 8.07 Å². The van der Waals surface area contributed by atoms with Crippen LogP contribution in [0, 0.1) is 11.3 Å². The number of rotatable bonds is 5. The Bertz CT molecular complexity index is 2910. The zero-order valence-corrected chi connectivity index (χ0v) is 28.8. The second kappa shape index (κ2) is 11.2. The zero-order chi connectivity index (χ0) is 33.2. The maximum Gasteiger partial charge on any atom is 0.181 e. The number of benzene rings is 7. The van der Waals surface area contributed by atoms with Crippen molar-refractivity contribution in [1.82, 2.24) is 8.97 Å². The van der Waals surface area contributed by atoms with Gasteiger partial charge in [0.25, 0.3) is 0 Å². The normalized spacial score (nSPS) is 12.0. The van der Waals surface area contributed by atoms with E-state index in [9.17, 15) is 5.26 Å². The van der Waals surface area contributed by atoms with Gasteiger partial charge in [-0.1, -0.05) is 121 Å². The lowest BCUT2D eigenvalue weighted by atomic mass is 10.1. The van der Waals surface area contributed by atoms with E-state index in [0.717, 1.165) is 22.2 Å². The molecule has 0 N–H and O–H groups in total. The molecule has 10 aromatic rings. The molecule has 3 heterocycles. The standard InChI is InChI=1S/C45H29N3SSi/c46-30-31-26-38-37-21-8-12-25-42(37)49-45(38)43(27-31)50(34-16-3-1-4-17-34,35-18-5-2-6-19-35)36-20-13-15-33(29-36)47-40-23-10-11-24-41(40)48-39-22-9-7-14-32(39)28-44(47)48/h1-29H. The highest BCUT2D eigenvalue weighted by molar-refractivity contribution is 7.30. The molecule has 0 aliphatic carbocycles. The summed E-state index contributed by atoms with van der Waals surface area (Å²) >= 11 is 1.84. The Kier molecular flexibility index (Phi) is 6.44. The maximum absolute atomic E-state index is 10.5. The molecule has 0 aliphatic heterocycles. The molecule has 7 aromatic carbocycles. The van der Waals surface area contributed by atoms with E-state index in [-0.39, 0.29) is 0 Å². The lowest BCUT2D eigenvalue weighted by molar-refractivity contribution is 1.15. The molecule has 0 spiro atoms. The number of nitrogens with zero attached hydrogens (tertiary/aromatic N) is 3. The molecule has 0 unspecified atom stereocenters. The van der Waals surface area contributed by atoms with Crippen LogP contribution in [0.15, 0.2) is 176 Å². The van der Waals surface area contributed by atoms with E-state index in [2.05, 4.69) is 191 Å². The van der Waals surface area contributed by atoms with Crippen LogP contribution in [0.1, 0.15) is 5.56 Å². The van der Waals surface area contributed by atoms with Crippen LogP contribution in [-0.4, -0.2) is 17.0 Å². The van der Waals surface area contributed by atoms with Crippen molar-refractivity contribution in [2.24, 2.45) is 0 Å². The van der Waals surface area contributed by atoms with Crippen molar-refractivity contribution in [3.05, 3.63) is 181 Å². The van der Waals surface area contributed by atoms with Crippen molar-refractivity contribution in [2.75, 3.05) is 0 Å². The lowest BCUT2D eigenvalue weighted by Gasteiger charge is -2.35. The summed E-state index contributed by atoms with van der Waals surface area (Å²) < 4.78 is 7.28. The van der Waals surface area contributed by atoms with E-state index in [0.29, 0.717) is 5.56 Å². The monoisotopic (exact) mass is 671 g/mol. The van der Waals surface area contributed by atoms with Crippen molar-refractivity contribution in [3.63, 3.8) is 0 Å². The number of hydrogen-bond acceptors (Lipinski definition) is 2. The molecule has 5 heteroatoms. The van der Waals surface area contributed by atoms with Crippen LogP contribution in [0.3, 0.4) is 0 Å². The van der Waals surface area contributed by atoms with Gasteiger partial charge < -0.3 is 0 Å². The van der Waals surface area contributed by atoms with E-state index in [1.807, 2.05) is 11.3 Å². The number of aromatic nitrogens is 2. The highest BCUT2D eigenvalue weighted by Crippen LogP contribution is 2.35. The van der Waals surface area contributed by atoms with Gasteiger partial charge in [0.15, 0.2) is 8.07 Å². The van der Waals surface area contributed by atoms with Gasteiger partial charge in [0.2, 0.25) is 0 Å². The summed E-state index contributed by atoms with van der Waals surface area (Å²) in [6.07, 6.45) is 0. The summed E-state index contributed by atoms with van der Waals surface area (Å²) in [4.78, 5) is 0.